The number of aryl methyl sites for hydroxylation is 1. The predicted molar refractivity (Wildman–Crippen MR) is 119 cm³/mol. The highest BCUT2D eigenvalue weighted by molar-refractivity contribution is 6.42. The average Bonchev–Trinajstić information content (AvgIpc) is 2.75. The third-order valence-electron chi connectivity index (χ3n) is 5.03. The molecule has 1 heterocycles. The van der Waals surface area contributed by atoms with E-state index in [1.165, 1.54) is 0 Å². The zero-order valence-electron chi connectivity index (χ0n) is 16.9. The smallest absolute Gasteiger partial charge is 0.260 e. The first-order valence-corrected chi connectivity index (χ1v) is 10.7. The maximum atomic E-state index is 12.4. The van der Waals surface area contributed by atoms with Crippen LogP contribution >= 0.6 is 23.2 Å². The predicted octanol–water partition coefficient (Wildman–Crippen LogP) is 3.72. The topological polar surface area (TPSA) is 61.9 Å². The summed E-state index contributed by atoms with van der Waals surface area (Å²) in [5.41, 5.74) is 1.97. The van der Waals surface area contributed by atoms with Crippen LogP contribution in [0.3, 0.4) is 0 Å². The average molecular weight is 450 g/mol. The number of hydrogen-bond donors (Lipinski definition) is 1. The molecule has 0 saturated carbocycles. The Morgan fingerprint density at radius 1 is 1.03 bits per heavy atom. The molecule has 0 aromatic heterocycles. The van der Waals surface area contributed by atoms with Gasteiger partial charge < -0.3 is 15.0 Å². The maximum Gasteiger partial charge on any atom is 0.260 e. The Balaban J connectivity index is 1.43. The van der Waals surface area contributed by atoms with Crippen molar-refractivity contribution in [2.75, 3.05) is 44.6 Å². The summed E-state index contributed by atoms with van der Waals surface area (Å²) in [7, 11) is 0. The molecule has 0 radical (unpaired) electrons. The molecule has 30 heavy (non-hydrogen) atoms. The molecule has 8 heteroatoms. The van der Waals surface area contributed by atoms with Crippen LogP contribution in [0.4, 0.5) is 5.69 Å². The molecule has 160 valence electrons. The van der Waals surface area contributed by atoms with E-state index in [0.29, 0.717) is 48.5 Å². The number of carbonyl (C=O) groups excluding carboxylic acids is 2. The van der Waals surface area contributed by atoms with Crippen molar-refractivity contribution in [2.45, 2.75) is 13.3 Å². The number of rotatable bonds is 7. The summed E-state index contributed by atoms with van der Waals surface area (Å²) >= 11 is 12.0. The molecule has 0 bridgehead atoms. The molecule has 1 saturated heterocycles. The first-order chi connectivity index (χ1) is 14.5. The highest BCUT2D eigenvalue weighted by atomic mass is 35.5. The molecule has 3 rings (SSSR count). The molecule has 1 aliphatic rings. The van der Waals surface area contributed by atoms with E-state index in [-0.39, 0.29) is 18.4 Å². The molecule has 6 nitrogen and oxygen atoms in total. The van der Waals surface area contributed by atoms with Crippen LogP contribution in [0.15, 0.2) is 42.5 Å². The Bertz CT molecular complexity index is 899. The Kier molecular flexibility index (Phi) is 7.96. The number of nitrogens with zero attached hydrogens (tertiary/aromatic N) is 2. The van der Waals surface area contributed by atoms with Gasteiger partial charge in [0.25, 0.3) is 5.91 Å². The number of piperazine rings is 1. The summed E-state index contributed by atoms with van der Waals surface area (Å²) in [6.45, 7) is 4.61. The zero-order chi connectivity index (χ0) is 21.5. The van der Waals surface area contributed by atoms with Crippen molar-refractivity contribution in [3.63, 3.8) is 0 Å². The summed E-state index contributed by atoms with van der Waals surface area (Å²) in [6, 6.07) is 12.9. The summed E-state index contributed by atoms with van der Waals surface area (Å²) in [4.78, 5) is 28.6. The number of ether oxygens (including phenoxy) is 1. The maximum absolute atomic E-state index is 12.4. The van der Waals surface area contributed by atoms with Gasteiger partial charge in [0.05, 0.1) is 11.6 Å². The Hall–Kier alpha value is -2.28. The van der Waals surface area contributed by atoms with Crippen LogP contribution in [0.1, 0.15) is 12.5 Å². The molecule has 0 aliphatic carbocycles. The number of carbonyl (C=O) groups is 2. The second-order valence-electron chi connectivity index (χ2n) is 7.06. The molecule has 2 aromatic rings. The second kappa shape index (κ2) is 10.7. The van der Waals surface area contributed by atoms with E-state index in [1.807, 2.05) is 29.2 Å². The van der Waals surface area contributed by atoms with Gasteiger partial charge >= 0.3 is 0 Å². The highest BCUT2D eigenvalue weighted by Crippen LogP contribution is 2.31. The molecule has 1 aliphatic heterocycles. The van der Waals surface area contributed by atoms with Gasteiger partial charge in [-0.1, -0.05) is 54.4 Å². The number of anilines is 1. The SMILES string of the molecule is CCc1ccccc1NC(=O)CN1CCN(C(=O)COc2cccc(Cl)c2Cl)CC1. The number of halogens is 2. The minimum atomic E-state index is -0.119. The van der Waals surface area contributed by atoms with Crippen LogP contribution in [-0.2, 0) is 16.0 Å². The van der Waals surface area contributed by atoms with Gasteiger partial charge in [0, 0.05) is 31.9 Å². The van der Waals surface area contributed by atoms with Crippen molar-refractivity contribution in [1.82, 2.24) is 9.80 Å². The van der Waals surface area contributed by atoms with E-state index < -0.39 is 0 Å². The summed E-state index contributed by atoms with van der Waals surface area (Å²) in [5, 5.41) is 3.67. The van der Waals surface area contributed by atoms with E-state index in [4.69, 9.17) is 27.9 Å². The second-order valence-corrected chi connectivity index (χ2v) is 7.84. The molecule has 0 spiro atoms. The van der Waals surface area contributed by atoms with Gasteiger partial charge in [-0.25, -0.2) is 0 Å². The van der Waals surface area contributed by atoms with Crippen molar-refractivity contribution in [1.29, 1.82) is 0 Å². The normalized spacial score (nSPS) is 14.4. The monoisotopic (exact) mass is 449 g/mol. The van der Waals surface area contributed by atoms with Crippen LogP contribution in [0.25, 0.3) is 0 Å². The van der Waals surface area contributed by atoms with Crippen molar-refractivity contribution < 1.29 is 14.3 Å². The Morgan fingerprint density at radius 3 is 2.50 bits per heavy atom. The van der Waals surface area contributed by atoms with Gasteiger partial charge in [0.2, 0.25) is 5.91 Å². The third-order valence-corrected chi connectivity index (χ3v) is 5.83. The van der Waals surface area contributed by atoms with E-state index in [2.05, 4.69) is 12.2 Å². The molecule has 1 fully saturated rings. The Labute approximate surface area is 186 Å². The zero-order valence-corrected chi connectivity index (χ0v) is 18.4. The van der Waals surface area contributed by atoms with E-state index in [9.17, 15) is 9.59 Å². The number of para-hydroxylation sites is 1. The summed E-state index contributed by atoms with van der Waals surface area (Å²) < 4.78 is 5.53. The first kappa shape index (κ1) is 22.4. The number of nitrogens with one attached hydrogen (secondary N) is 1. The van der Waals surface area contributed by atoms with Crippen LogP contribution in [0.2, 0.25) is 10.0 Å². The van der Waals surface area contributed by atoms with E-state index in [1.54, 1.807) is 23.1 Å². The summed E-state index contributed by atoms with van der Waals surface area (Å²) in [6.07, 6.45) is 0.861. The lowest BCUT2D eigenvalue weighted by Gasteiger charge is -2.34. The minimum Gasteiger partial charge on any atom is -0.482 e. The van der Waals surface area contributed by atoms with E-state index in [0.717, 1.165) is 17.7 Å². The van der Waals surface area contributed by atoms with Crippen LogP contribution in [-0.4, -0.2) is 60.9 Å². The first-order valence-electron chi connectivity index (χ1n) is 9.92. The van der Waals surface area contributed by atoms with Gasteiger partial charge in [0.15, 0.2) is 6.61 Å². The largest absolute Gasteiger partial charge is 0.482 e. The van der Waals surface area contributed by atoms with Gasteiger partial charge in [0.1, 0.15) is 10.8 Å². The van der Waals surface area contributed by atoms with Gasteiger partial charge in [-0.15, -0.1) is 0 Å². The number of benzene rings is 2. The Morgan fingerprint density at radius 2 is 1.77 bits per heavy atom. The molecule has 0 atom stereocenters. The highest BCUT2D eigenvalue weighted by Gasteiger charge is 2.23. The minimum absolute atomic E-state index is 0.0467. The van der Waals surface area contributed by atoms with Gasteiger partial charge in [-0.3, -0.25) is 14.5 Å². The van der Waals surface area contributed by atoms with Crippen molar-refractivity contribution in [3.05, 3.63) is 58.1 Å². The fourth-order valence-corrected chi connectivity index (χ4v) is 3.67. The standard InChI is InChI=1S/C22H25Cl2N3O3/c1-2-16-6-3-4-8-18(16)25-20(28)14-26-10-12-27(13-11-26)21(29)15-30-19-9-5-7-17(23)22(19)24/h3-9H,2,10-15H2,1H3,(H,25,28). The van der Waals surface area contributed by atoms with Crippen LogP contribution < -0.4 is 10.1 Å². The lowest BCUT2D eigenvalue weighted by molar-refractivity contribution is -0.135. The number of amides is 2. The molecule has 0 unspecified atom stereocenters. The van der Waals surface area contributed by atoms with Gasteiger partial charge in [-0.2, -0.15) is 0 Å². The van der Waals surface area contributed by atoms with Crippen molar-refractivity contribution in [2.24, 2.45) is 0 Å². The van der Waals surface area contributed by atoms with Crippen LogP contribution in [0, 0.1) is 0 Å². The summed E-state index contributed by atoms with van der Waals surface area (Å²) in [5.74, 6) is 0.224. The lowest BCUT2D eigenvalue weighted by Crippen LogP contribution is -2.51. The quantitative estimate of drug-likeness (QED) is 0.699. The van der Waals surface area contributed by atoms with E-state index >= 15 is 0 Å². The van der Waals surface area contributed by atoms with Crippen molar-refractivity contribution >= 4 is 40.7 Å². The molecule has 2 aromatic carbocycles. The lowest BCUT2D eigenvalue weighted by atomic mass is 10.1. The molecular weight excluding hydrogens is 425 g/mol. The van der Waals surface area contributed by atoms with Crippen LogP contribution in [0.5, 0.6) is 5.75 Å². The third kappa shape index (κ3) is 5.88. The van der Waals surface area contributed by atoms with Crippen molar-refractivity contribution in [3.8, 4) is 5.75 Å². The molecule has 2 amide bonds. The molecular formula is C22H25Cl2N3O3. The van der Waals surface area contributed by atoms with Gasteiger partial charge in [-0.05, 0) is 30.2 Å². The molecule has 1 N–H and O–H groups in total. The number of hydrogen-bond acceptors (Lipinski definition) is 4. The fraction of sp³-hybridized carbons (Fsp3) is 0.364. The fourth-order valence-electron chi connectivity index (χ4n) is 3.33.